The molecule has 40 heavy (non-hydrogen) atoms. The molecular formula is C28H30F3NO7V. The van der Waals surface area contributed by atoms with E-state index in [9.17, 15) is 22.8 Å². The molecule has 3 aliphatic rings. The van der Waals surface area contributed by atoms with Gasteiger partial charge in [0.05, 0.1) is 0 Å². The third kappa shape index (κ3) is 7.57. The first-order chi connectivity index (χ1) is 18.6. The van der Waals surface area contributed by atoms with Crippen LogP contribution in [0.4, 0.5) is 18.0 Å². The Kier molecular flexibility index (Phi) is 10.7. The molecule has 12 heteroatoms. The molecule has 1 unspecified atom stereocenters. The molecule has 0 aliphatic carbocycles. The van der Waals surface area contributed by atoms with Gasteiger partial charge in [-0.2, -0.15) is 33.9 Å². The average molecular weight is 600 g/mol. The topological polar surface area (TPSA) is 83.5 Å². The van der Waals surface area contributed by atoms with Crippen LogP contribution in [0.5, 0.6) is 23.0 Å². The Morgan fingerprint density at radius 1 is 0.925 bits per heavy atom. The minimum Gasteiger partial charge on any atom is -0.538 e. The van der Waals surface area contributed by atoms with Crippen LogP contribution in [0, 0.1) is 11.8 Å². The second-order valence-electron chi connectivity index (χ2n) is 9.95. The van der Waals surface area contributed by atoms with E-state index >= 15 is 0 Å². The third-order valence-electron chi connectivity index (χ3n) is 6.40. The van der Waals surface area contributed by atoms with Gasteiger partial charge < -0.3 is 39.3 Å². The van der Waals surface area contributed by atoms with Crippen molar-refractivity contribution >= 4 is 12.4 Å². The Labute approximate surface area is 242 Å². The number of hydrogen-bond acceptors (Lipinski definition) is 7. The van der Waals surface area contributed by atoms with Gasteiger partial charge in [0.1, 0.15) is 6.10 Å². The largest absolute Gasteiger partial charge is 2.00 e. The van der Waals surface area contributed by atoms with Crippen LogP contribution in [0.25, 0.3) is 0 Å². The fourth-order valence-corrected chi connectivity index (χ4v) is 4.70. The summed E-state index contributed by atoms with van der Waals surface area (Å²) in [5.41, 5.74) is 1.95. The Morgan fingerprint density at radius 3 is 1.80 bits per heavy atom. The molecule has 0 saturated carbocycles. The standard InChI is InChI=1S/C24H21F3NO7.C4H9.V/c25-24(26,27)21(11-29)35-23(30)28-7-5-14(6-8-28)22(15-1-3-17-19(9-15)33-12-31-17)16-2-4-18-20(10-16)34-13-32-18;1-4(2)3;/h1-4,9-10,14,21-22H,5-8,12-13H2;1-3H3;/q2*-1;+2. The van der Waals surface area contributed by atoms with E-state index < -0.39 is 18.4 Å². The van der Waals surface area contributed by atoms with E-state index in [0.717, 1.165) is 17.4 Å². The van der Waals surface area contributed by atoms with E-state index in [1.165, 1.54) is 10.8 Å². The van der Waals surface area contributed by atoms with Gasteiger partial charge in [0.2, 0.25) is 13.6 Å². The van der Waals surface area contributed by atoms with Crippen molar-refractivity contribution in [3.05, 3.63) is 53.4 Å². The number of hydrogen-bond donors (Lipinski definition) is 0. The van der Waals surface area contributed by atoms with Crippen molar-refractivity contribution in [2.24, 2.45) is 5.92 Å². The second kappa shape index (κ2) is 13.5. The maximum atomic E-state index is 12.8. The number of rotatable bonds is 5. The fraction of sp³-hybridized carbons (Fsp3) is 0.464. The molecule has 3 aliphatic heterocycles. The number of ether oxygens (including phenoxy) is 5. The minimum absolute atomic E-state index is 0. The SMILES string of the molecule is C[C-](C)C.O=[C-]C(OC(=O)N1CCC(C(c2ccc3c(c2)OCO3)c2ccc3c(c2)OCO3)CC1)C(F)(F)F.[V+2]. The number of carbonyl (C=O) groups excluding carboxylic acids is 2. The van der Waals surface area contributed by atoms with Gasteiger partial charge in [-0.05, 0) is 54.2 Å². The van der Waals surface area contributed by atoms with Crippen LogP contribution < -0.4 is 18.9 Å². The van der Waals surface area contributed by atoms with Gasteiger partial charge in [0.25, 0.3) is 0 Å². The number of benzene rings is 2. The van der Waals surface area contributed by atoms with Crippen molar-refractivity contribution in [2.45, 2.75) is 51.8 Å². The van der Waals surface area contributed by atoms with Gasteiger partial charge in [-0.3, -0.25) is 0 Å². The molecule has 3 heterocycles. The molecule has 1 radical (unpaired) electrons. The first kappa shape index (κ1) is 31.5. The summed E-state index contributed by atoms with van der Waals surface area (Å²) in [6, 6.07) is 11.4. The first-order valence-electron chi connectivity index (χ1n) is 12.5. The predicted molar refractivity (Wildman–Crippen MR) is 134 cm³/mol. The third-order valence-corrected chi connectivity index (χ3v) is 6.40. The van der Waals surface area contributed by atoms with Gasteiger partial charge in [-0.15, -0.1) is 0 Å². The van der Waals surface area contributed by atoms with E-state index in [1.54, 1.807) is 0 Å². The molecule has 1 fully saturated rings. The number of piperidine rings is 1. The summed E-state index contributed by atoms with van der Waals surface area (Å²) in [5, 5.41) is 0. The zero-order valence-corrected chi connectivity index (χ0v) is 23.7. The molecule has 0 spiro atoms. The molecule has 5 rings (SSSR count). The van der Waals surface area contributed by atoms with E-state index in [0.29, 0.717) is 35.8 Å². The van der Waals surface area contributed by atoms with Crippen molar-refractivity contribution in [2.75, 3.05) is 26.7 Å². The Morgan fingerprint density at radius 2 is 1.38 bits per heavy atom. The second-order valence-corrected chi connectivity index (χ2v) is 9.95. The predicted octanol–water partition coefficient (Wildman–Crippen LogP) is 5.78. The summed E-state index contributed by atoms with van der Waals surface area (Å²) in [5.74, 6) is 3.94. The Balaban J connectivity index is 0.000000828. The van der Waals surface area contributed by atoms with Crippen molar-refractivity contribution < 1.29 is 65.0 Å². The smallest absolute Gasteiger partial charge is 0.538 e. The van der Waals surface area contributed by atoms with Gasteiger partial charge in [-0.25, -0.2) is 11.1 Å². The molecule has 1 saturated heterocycles. The summed E-state index contributed by atoms with van der Waals surface area (Å²) in [4.78, 5) is 24.0. The van der Waals surface area contributed by atoms with Crippen LogP contribution >= 0.6 is 0 Å². The molecule has 8 nitrogen and oxygen atoms in total. The number of carbonyl (C=O) groups is 1. The van der Waals surface area contributed by atoms with Gasteiger partial charge in [-0.1, -0.05) is 12.1 Å². The van der Waals surface area contributed by atoms with Crippen LogP contribution in [0.3, 0.4) is 0 Å². The Bertz CT molecular complexity index is 1110. The average Bonchev–Trinajstić information content (AvgIpc) is 3.55. The van der Waals surface area contributed by atoms with Gasteiger partial charge >= 0.3 is 30.8 Å². The molecule has 0 aromatic heterocycles. The van der Waals surface area contributed by atoms with Crippen molar-refractivity contribution in [1.82, 2.24) is 4.90 Å². The fourth-order valence-electron chi connectivity index (χ4n) is 4.70. The van der Waals surface area contributed by atoms with Gasteiger partial charge in [0.15, 0.2) is 23.0 Å². The summed E-state index contributed by atoms with van der Waals surface area (Å²) < 4.78 is 64.7. The monoisotopic (exact) mass is 600 g/mol. The van der Waals surface area contributed by atoms with E-state index in [-0.39, 0.29) is 57.1 Å². The van der Waals surface area contributed by atoms with Gasteiger partial charge in [0, 0.05) is 19.0 Å². The van der Waals surface area contributed by atoms with Crippen LogP contribution in [0.1, 0.15) is 50.7 Å². The van der Waals surface area contributed by atoms with Crippen LogP contribution in [0.2, 0.25) is 0 Å². The van der Waals surface area contributed by atoms with E-state index in [4.69, 9.17) is 18.9 Å². The van der Waals surface area contributed by atoms with Crippen LogP contribution in [-0.2, 0) is 28.1 Å². The molecule has 1 atom stereocenters. The number of amides is 1. The number of likely N-dealkylation sites (tertiary alicyclic amines) is 1. The molecule has 2 aromatic carbocycles. The normalized spacial score (nSPS) is 16.6. The number of halogens is 3. The molecule has 1 amide bonds. The first-order valence-corrected chi connectivity index (χ1v) is 12.5. The maximum absolute atomic E-state index is 12.8. The molecule has 0 N–H and O–H groups in total. The molecular weight excluding hydrogens is 570 g/mol. The summed E-state index contributed by atoms with van der Waals surface area (Å²) >= 11 is 0. The number of alkyl halides is 3. The zero-order valence-electron chi connectivity index (χ0n) is 22.3. The van der Waals surface area contributed by atoms with E-state index in [2.05, 4.69) is 25.5 Å². The summed E-state index contributed by atoms with van der Waals surface area (Å²) in [7, 11) is 0. The molecule has 215 valence electrons. The quantitative estimate of drug-likeness (QED) is 0.403. The summed E-state index contributed by atoms with van der Waals surface area (Å²) in [6.45, 7) is 6.90. The maximum Gasteiger partial charge on any atom is 2.00 e. The molecule has 0 bridgehead atoms. The van der Waals surface area contributed by atoms with Crippen LogP contribution in [-0.4, -0.2) is 56.2 Å². The van der Waals surface area contributed by atoms with Crippen LogP contribution in [0.15, 0.2) is 36.4 Å². The van der Waals surface area contributed by atoms with Crippen molar-refractivity contribution in [3.8, 4) is 23.0 Å². The number of nitrogens with zero attached hydrogens (tertiary/aromatic N) is 1. The molecule has 2 aromatic rings. The number of fused-ring (bicyclic) bond motifs is 2. The summed E-state index contributed by atoms with van der Waals surface area (Å²) in [6.07, 6.45) is -7.34. The van der Waals surface area contributed by atoms with E-state index in [1.807, 2.05) is 36.4 Å². The zero-order chi connectivity index (χ0) is 28.2. The van der Waals surface area contributed by atoms with Crippen molar-refractivity contribution in [3.63, 3.8) is 0 Å². The minimum atomic E-state index is -5.00. The Hall–Kier alpha value is -3.05. The van der Waals surface area contributed by atoms with Crippen molar-refractivity contribution in [1.29, 1.82) is 0 Å².